The van der Waals surface area contributed by atoms with Crippen LogP contribution in [0.3, 0.4) is 0 Å². The third-order valence-corrected chi connectivity index (χ3v) is 6.73. The monoisotopic (exact) mass is 509 g/mol. The molecule has 0 aliphatic carbocycles. The molecule has 38 heavy (non-hydrogen) atoms. The van der Waals surface area contributed by atoms with Crippen molar-refractivity contribution in [2.75, 3.05) is 13.7 Å². The van der Waals surface area contributed by atoms with E-state index >= 15 is 0 Å². The first-order valence-corrected chi connectivity index (χ1v) is 13.7. The molecule has 1 unspecified atom stereocenters. The number of nitriles is 1. The summed E-state index contributed by atoms with van der Waals surface area (Å²) in [5, 5.41) is 9.54. The second-order valence-corrected chi connectivity index (χ2v) is 9.60. The Kier molecular flexibility index (Phi) is 12.7. The van der Waals surface area contributed by atoms with Crippen LogP contribution in [0, 0.1) is 17.2 Å². The van der Waals surface area contributed by atoms with Crippen LogP contribution in [0.1, 0.15) is 67.2 Å². The summed E-state index contributed by atoms with van der Waals surface area (Å²) in [6, 6.07) is 28.9. The molecule has 4 nitrogen and oxygen atoms in total. The molecule has 198 valence electrons. The van der Waals surface area contributed by atoms with Gasteiger partial charge in [0.15, 0.2) is 0 Å². The zero-order valence-electron chi connectivity index (χ0n) is 22.5. The predicted octanol–water partition coefficient (Wildman–Crippen LogP) is 7.96. The summed E-state index contributed by atoms with van der Waals surface area (Å²) in [6.07, 6.45) is 12.7. The fourth-order valence-electron chi connectivity index (χ4n) is 4.56. The molecule has 1 atom stereocenters. The Hall–Kier alpha value is -3.84. The summed E-state index contributed by atoms with van der Waals surface area (Å²) in [4.78, 5) is 11.5. The van der Waals surface area contributed by atoms with Crippen LogP contribution in [0.4, 0.5) is 0 Å². The predicted molar refractivity (Wildman–Crippen MR) is 154 cm³/mol. The highest BCUT2D eigenvalue weighted by Crippen LogP contribution is 2.24. The number of allylic oxidation sites excluding steroid dienone is 1. The molecular formula is C34H39NO3. The van der Waals surface area contributed by atoms with Gasteiger partial charge in [0.05, 0.1) is 25.3 Å². The van der Waals surface area contributed by atoms with Crippen molar-refractivity contribution < 1.29 is 14.3 Å². The van der Waals surface area contributed by atoms with Crippen molar-refractivity contribution in [3.8, 4) is 11.8 Å². The molecule has 0 heterocycles. The van der Waals surface area contributed by atoms with E-state index in [9.17, 15) is 10.1 Å². The van der Waals surface area contributed by atoms with Crippen molar-refractivity contribution in [3.05, 3.63) is 107 Å². The summed E-state index contributed by atoms with van der Waals surface area (Å²) in [7, 11) is 1.43. The fraction of sp³-hybridized carbons (Fsp3) is 0.353. The Morgan fingerprint density at radius 3 is 2.47 bits per heavy atom. The third-order valence-electron chi connectivity index (χ3n) is 6.73. The average Bonchev–Trinajstić information content (AvgIpc) is 2.96. The number of hydrogen-bond donors (Lipinski definition) is 0. The van der Waals surface area contributed by atoms with Crippen LogP contribution < -0.4 is 4.74 Å². The molecule has 0 aliphatic heterocycles. The maximum Gasteiger partial charge on any atom is 0.305 e. The van der Waals surface area contributed by atoms with E-state index in [0.29, 0.717) is 13.0 Å². The van der Waals surface area contributed by atoms with Crippen molar-refractivity contribution in [2.24, 2.45) is 5.92 Å². The molecular weight excluding hydrogens is 470 g/mol. The highest BCUT2D eigenvalue weighted by atomic mass is 16.5. The van der Waals surface area contributed by atoms with E-state index in [4.69, 9.17) is 9.47 Å². The minimum atomic E-state index is -0.168. The number of unbranched alkanes of at least 4 members (excludes halogenated alkanes) is 3. The van der Waals surface area contributed by atoms with E-state index in [0.717, 1.165) is 73.8 Å². The molecule has 0 bridgehead atoms. The van der Waals surface area contributed by atoms with Gasteiger partial charge in [0, 0.05) is 12.0 Å². The molecule has 3 aromatic carbocycles. The molecule has 0 radical (unpaired) electrons. The fourth-order valence-corrected chi connectivity index (χ4v) is 4.56. The number of esters is 1. The number of carbonyl (C=O) groups excluding carboxylic acids is 1. The SMILES string of the molecule is COC(=O)CCCCC(C=Cc1ccccc1OCCCCCc1ccccc1)Cc1ccccc1C#N. The van der Waals surface area contributed by atoms with Gasteiger partial charge < -0.3 is 9.47 Å². The molecule has 3 aromatic rings. The molecule has 0 fully saturated rings. The van der Waals surface area contributed by atoms with Gasteiger partial charge >= 0.3 is 5.97 Å². The summed E-state index contributed by atoms with van der Waals surface area (Å²) >= 11 is 0. The van der Waals surface area contributed by atoms with Crippen LogP contribution in [0.15, 0.2) is 84.9 Å². The number of nitrogens with zero attached hydrogens (tertiary/aromatic N) is 1. The van der Waals surface area contributed by atoms with Gasteiger partial charge in [0.1, 0.15) is 5.75 Å². The van der Waals surface area contributed by atoms with E-state index in [-0.39, 0.29) is 11.9 Å². The van der Waals surface area contributed by atoms with Gasteiger partial charge in [-0.15, -0.1) is 0 Å². The first kappa shape index (κ1) is 28.7. The zero-order valence-corrected chi connectivity index (χ0v) is 22.5. The molecule has 0 saturated heterocycles. The number of para-hydroxylation sites is 1. The minimum absolute atomic E-state index is 0.168. The Morgan fingerprint density at radius 1 is 0.895 bits per heavy atom. The molecule has 0 aliphatic rings. The number of rotatable bonds is 16. The first-order valence-electron chi connectivity index (χ1n) is 13.7. The second-order valence-electron chi connectivity index (χ2n) is 9.60. The lowest BCUT2D eigenvalue weighted by molar-refractivity contribution is -0.140. The van der Waals surface area contributed by atoms with Crippen LogP contribution in [0.2, 0.25) is 0 Å². The minimum Gasteiger partial charge on any atom is -0.493 e. The molecule has 0 aromatic heterocycles. The lowest BCUT2D eigenvalue weighted by atomic mass is 9.90. The second kappa shape index (κ2) is 16.8. The van der Waals surface area contributed by atoms with E-state index in [1.807, 2.05) is 42.5 Å². The standard InChI is InChI=1S/C34H39NO3/c1-37-34(36)22-12-7-17-29(26-31-19-8-9-20-32(31)27-35)23-24-30-18-10-11-21-33(30)38-25-13-3-6-16-28-14-4-2-5-15-28/h2,4-5,8-11,14-15,18-21,23-24,29H,3,6-7,12-13,16-17,22,25-26H2,1H3. The molecule has 0 amide bonds. The first-order chi connectivity index (χ1) is 18.7. The Labute approximate surface area is 227 Å². The number of ether oxygens (including phenoxy) is 2. The quantitative estimate of drug-likeness (QED) is 0.145. The third kappa shape index (κ3) is 10.3. The van der Waals surface area contributed by atoms with Crippen molar-refractivity contribution in [2.45, 2.75) is 57.8 Å². The van der Waals surface area contributed by atoms with E-state index < -0.39 is 0 Å². The van der Waals surface area contributed by atoms with Gasteiger partial charge in [-0.25, -0.2) is 0 Å². The van der Waals surface area contributed by atoms with Crippen molar-refractivity contribution in [1.82, 2.24) is 0 Å². The Morgan fingerprint density at radius 2 is 1.66 bits per heavy atom. The van der Waals surface area contributed by atoms with Crippen LogP contribution >= 0.6 is 0 Å². The van der Waals surface area contributed by atoms with E-state index in [1.54, 1.807) is 0 Å². The summed E-state index contributed by atoms with van der Waals surface area (Å²) in [6.45, 7) is 0.701. The van der Waals surface area contributed by atoms with Crippen molar-refractivity contribution in [1.29, 1.82) is 5.26 Å². The number of carbonyl (C=O) groups is 1. The topological polar surface area (TPSA) is 59.3 Å². The van der Waals surface area contributed by atoms with Crippen LogP contribution in [0.5, 0.6) is 5.75 Å². The number of benzene rings is 3. The average molecular weight is 510 g/mol. The molecule has 4 heteroatoms. The number of aryl methyl sites for hydroxylation is 1. The van der Waals surface area contributed by atoms with Crippen LogP contribution in [-0.2, 0) is 22.4 Å². The van der Waals surface area contributed by atoms with Gasteiger partial charge in [-0.2, -0.15) is 5.26 Å². The number of hydrogen-bond acceptors (Lipinski definition) is 4. The van der Waals surface area contributed by atoms with Gasteiger partial charge in [-0.1, -0.05) is 85.3 Å². The Balaban J connectivity index is 1.57. The maximum absolute atomic E-state index is 11.5. The van der Waals surface area contributed by atoms with Gasteiger partial charge in [0.25, 0.3) is 0 Å². The maximum atomic E-state index is 11.5. The highest BCUT2D eigenvalue weighted by molar-refractivity contribution is 5.69. The normalized spacial score (nSPS) is 11.7. The smallest absolute Gasteiger partial charge is 0.305 e. The molecule has 0 saturated carbocycles. The van der Waals surface area contributed by atoms with Crippen molar-refractivity contribution >= 4 is 12.0 Å². The van der Waals surface area contributed by atoms with Gasteiger partial charge in [0.2, 0.25) is 0 Å². The lowest BCUT2D eigenvalue weighted by Gasteiger charge is -2.15. The van der Waals surface area contributed by atoms with E-state index in [1.165, 1.54) is 12.7 Å². The van der Waals surface area contributed by atoms with Gasteiger partial charge in [-0.05, 0) is 74.1 Å². The zero-order chi connectivity index (χ0) is 26.8. The van der Waals surface area contributed by atoms with Gasteiger partial charge in [-0.3, -0.25) is 4.79 Å². The summed E-state index contributed by atoms with van der Waals surface area (Å²) < 4.78 is 10.9. The van der Waals surface area contributed by atoms with Crippen molar-refractivity contribution in [3.63, 3.8) is 0 Å². The highest BCUT2D eigenvalue weighted by Gasteiger charge is 2.11. The summed E-state index contributed by atoms with van der Waals surface area (Å²) in [5.74, 6) is 0.972. The number of methoxy groups -OCH3 is 1. The Bertz CT molecular complexity index is 1180. The molecule has 0 N–H and O–H groups in total. The lowest BCUT2D eigenvalue weighted by Crippen LogP contribution is -2.05. The van der Waals surface area contributed by atoms with E-state index in [2.05, 4.69) is 54.6 Å². The van der Waals surface area contributed by atoms with Crippen LogP contribution in [-0.4, -0.2) is 19.7 Å². The largest absolute Gasteiger partial charge is 0.493 e. The molecule has 0 spiro atoms. The molecule has 3 rings (SSSR count). The van der Waals surface area contributed by atoms with Crippen LogP contribution in [0.25, 0.3) is 6.08 Å². The summed E-state index contributed by atoms with van der Waals surface area (Å²) in [5.41, 5.74) is 4.22.